The van der Waals surface area contributed by atoms with Gasteiger partial charge in [-0.05, 0) is 166 Å². The number of ether oxygens (including phenoxy) is 2. The molecule has 2 aliphatic heterocycles. The number of hydrogen-bond acceptors (Lipinski definition) is 12. The number of hydrogen-bond donors (Lipinski definition) is 2. The molecule has 2 N–H and O–H groups in total. The zero-order valence-electron chi connectivity index (χ0n) is 49.2. The van der Waals surface area contributed by atoms with Crippen LogP contribution in [0.15, 0.2) is 118 Å². The molecule has 84 heavy (non-hydrogen) atoms. The minimum absolute atomic E-state index is 0.0359. The summed E-state index contributed by atoms with van der Waals surface area (Å²) in [5, 5.41) is 12.6. The maximum Gasteiger partial charge on any atom is 0.501 e. The van der Waals surface area contributed by atoms with E-state index in [9.17, 15) is 39.9 Å². The van der Waals surface area contributed by atoms with Gasteiger partial charge in [0.2, 0.25) is 0 Å². The van der Waals surface area contributed by atoms with E-state index in [1.165, 1.54) is 28.8 Å². The number of benzene rings is 4. The lowest BCUT2D eigenvalue weighted by Gasteiger charge is -2.39. The van der Waals surface area contributed by atoms with Gasteiger partial charge in [-0.1, -0.05) is 93.6 Å². The number of carbonyl (C=O) groups excluding carboxylic acids is 2. The highest BCUT2D eigenvalue weighted by molar-refractivity contribution is 7.92. The lowest BCUT2D eigenvalue weighted by atomic mass is 9.73. The summed E-state index contributed by atoms with van der Waals surface area (Å²) in [5.41, 5.74) is 0.848. The number of rotatable bonds is 21. The number of halogens is 4. The van der Waals surface area contributed by atoms with E-state index in [1.807, 2.05) is 48.6 Å². The van der Waals surface area contributed by atoms with Gasteiger partial charge in [0.25, 0.3) is 25.8 Å². The Labute approximate surface area is 499 Å². The summed E-state index contributed by atoms with van der Waals surface area (Å²) in [6, 6.07) is 18.4. The third kappa shape index (κ3) is 15.5. The summed E-state index contributed by atoms with van der Waals surface area (Å²) in [4.78, 5) is 34.6. The number of sulfonamides is 1. The molecular weight excluding hydrogens is 1140 g/mol. The lowest BCUT2D eigenvalue weighted by molar-refractivity contribution is -0.0436. The fourth-order valence-corrected chi connectivity index (χ4v) is 14.3. The summed E-state index contributed by atoms with van der Waals surface area (Å²) in [6.45, 7) is 22.4. The van der Waals surface area contributed by atoms with Crippen molar-refractivity contribution in [2.24, 2.45) is 11.3 Å². The molecule has 20 heteroatoms. The van der Waals surface area contributed by atoms with Crippen LogP contribution >= 0.6 is 11.6 Å². The number of sulfone groups is 1. The predicted octanol–water partition coefficient (Wildman–Crippen LogP) is 13.5. The van der Waals surface area contributed by atoms with Crippen molar-refractivity contribution in [3.8, 4) is 11.5 Å². The van der Waals surface area contributed by atoms with Crippen LogP contribution in [0.3, 0.4) is 0 Å². The van der Waals surface area contributed by atoms with E-state index in [2.05, 4.69) is 42.4 Å². The highest BCUT2D eigenvalue weighted by Crippen LogP contribution is 2.48. The highest BCUT2D eigenvalue weighted by Gasteiger charge is 2.50. The van der Waals surface area contributed by atoms with Crippen LogP contribution in [0.4, 0.5) is 29.3 Å². The quantitative estimate of drug-likeness (QED) is 0.0600. The minimum atomic E-state index is -6.31. The Morgan fingerprint density at radius 1 is 0.917 bits per heavy atom. The van der Waals surface area contributed by atoms with Crippen molar-refractivity contribution >= 4 is 60.4 Å². The first-order chi connectivity index (χ1) is 39.8. The molecule has 14 nitrogen and oxygen atoms in total. The molecule has 8 rings (SSSR count). The van der Waals surface area contributed by atoms with Crippen LogP contribution in [0.2, 0.25) is 5.02 Å². The molecule has 2 fully saturated rings. The van der Waals surface area contributed by atoms with Gasteiger partial charge in [-0.2, -0.15) is 13.2 Å². The Balaban J connectivity index is 1.09. The normalized spacial score (nSPS) is 19.6. The second-order valence-corrected chi connectivity index (χ2v) is 27.8. The predicted molar refractivity (Wildman–Crippen MR) is 325 cm³/mol. The van der Waals surface area contributed by atoms with Gasteiger partial charge in [-0.3, -0.25) is 19.5 Å². The van der Waals surface area contributed by atoms with Gasteiger partial charge >= 0.3 is 11.6 Å². The molecule has 0 bridgehead atoms. The highest BCUT2D eigenvalue weighted by atomic mass is 35.5. The summed E-state index contributed by atoms with van der Waals surface area (Å²) in [6.07, 6.45) is 8.28. The maximum atomic E-state index is 15.4. The number of allylic oxidation sites excluding steroid dienone is 4. The third-order valence-corrected chi connectivity index (χ3v) is 20.2. The molecule has 2 aliphatic carbocycles. The average molecular weight is 1220 g/mol. The first-order valence-electron chi connectivity index (χ1n) is 29.4. The standard InChI is InChI=1S/C64H81ClF3N5O9S2/c1-8-10-11-12-45-38-57(74)60(55-37-44(5)13-23-53(55)43(3)4)58(39-45)82-62(76)73(50(9-2)26-28-70-33-35-81-36-34-70)56-40-52(22-24-59(56)83(77,78)64(66,67)68)84(79,80)69-61(75)47-16-20-51(21-17-47)72-31-29-71(30-32-72)42-48-41-63(6,7)27-25-54(48)46-14-18-49(65)19-15-46/h14-22,24,37-40,50,53,55,74H,3,8-13,23,25-36,41-42H2,1-2,4-7H3,(H,69,75)/t50-,53?,55?/m0/s1. The number of aromatic hydroxyl groups is 1. The van der Waals surface area contributed by atoms with Gasteiger partial charge in [-0.15, -0.1) is 0 Å². The zero-order valence-corrected chi connectivity index (χ0v) is 51.6. The Morgan fingerprint density at radius 3 is 2.25 bits per heavy atom. The fourth-order valence-electron chi connectivity index (χ4n) is 12.2. The molecule has 0 aromatic heterocycles. The second-order valence-electron chi connectivity index (χ2n) is 23.8. The number of morpholine rings is 1. The summed E-state index contributed by atoms with van der Waals surface area (Å²) in [5.74, 6) is -2.06. The monoisotopic (exact) mass is 1220 g/mol. The van der Waals surface area contributed by atoms with Gasteiger partial charge in [0.05, 0.1) is 23.8 Å². The van der Waals surface area contributed by atoms with E-state index in [4.69, 9.17) is 21.1 Å². The zero-order chi connectivity index (χ0) is 60.7. The number of carbonyl (C=O) groups is 2. The number of phenols is 1. The number of anilines is 2. The smallest absolute Gasteiger partial charge is 0.501 e. The number of phenolic OH excluding ortho intramolecular Hbond substituents is 1. The van der Waals surface area contributed by atoms with E-state index in [0.717, 1.165) is 86.3 Å². The summed E-state index contributed by atoms with van der Waals surface area (Å²) < 4.78 is 115. The average Bonchev–Trinajstić information content (AvgIpc) is 1.74. The fraction of sp³-hybridized carbons (Fsp3) is 0.500. The molecule has 0 spiro atoms. The van der Waals surface area contributed by atoms with Crippen molar-refractivity contribution in [1.29, 1.82) is 0 Å². The molecule has 2 unspecified atom stereocenters. The Bertz CT molecular complexity index is 3320. The van der Waals surface area contributed by atoms with E-state index < -0.39 is 64.8 Å². The molecule has 3 atom stereocenters. The number of aryl methyl sites for hydroxylation is 1. The van der Waals surface area contributed by atoms with Crippen molar-refractivity contribution < 1.29 is 54.2 Å². The molecule has 4 aromatic carbocycles. The molecule has 4 aliphatic rings. The van der Waals surface area contributed by atoms with Crippen molar-refractivity contribution in [2.75, 3.05) is 75.4 Å². The molecule has 2 heterocycles. The number of piperazine rings is 1. The van der Waals surface area contributed by atoms with Gasteiger partial charge < -0.3 is 19.5 Å². The van der Waals surface area contributed by atoms with E-state index in [-0.39, 0.29) is 46.8 Å². The van der Waals surface area contributed by atoms with Crippen molar-refractivity contribution in [2.45, 2.75) is 139 Å². The van der Waals surface area contributed by atoms with Crippen LogP contribution < -0.4 is 19.3 Å². The van der Waals surface area contributed by atoms with Crippen LogP contribution in [-0.4, -0.2) is 121 Å². The third-order valence-electron chi connectivity index (χ3n) is 17.0. The molecule has 2 saturated heterocycles. The van der Waals surface area contributed by atoms with E-state index in [1.54, 1.807) is 31.2 Å². The first kappa shape index (κ1) is 64.3. The van der Waals surface area contributed by atoms with Crippen LogP contribution in [-0.2, 0) is 31.0 Å². The SMILES string of the molecule is C=C(C)C1CCC(C)=CC1c1c(O)cc(CCCCC)cc1OC(=O)N(c1cc(S(=O)(=O)NC(=O)c2ccc(N3CCN(CC4=C(c5ccc(Cl)cc5)CCC(C)(C)C4)CC3)cc2)ccc1S(=O)(=O)C(F)(F)F)[C@@H](CC)CCN1CCOCC1. The molecule has 4 aromatic rings. The number of unbranched alkanes of at least 4 members (excludes halogenated alkanes) is 2. The van der Waals surface area contributed by atoms with E-state index >= 15 is 4.79 Å². The number of nitrogens with one attached hydrogen (secondary N) is 1. The lowest BCUT2D eigenvalue weighted by Crippen LogP contribution is -2.47. The molecule has 2 amide bonds. The van der Waals surface area contributed by atoms with Gasteiger partial charge in [0, 0.05) is 86.2 Å². The Morgan fingerprint density at radius 2 is 1.61 bits per heavy atom. The van der Waals surface area contributed by atoms with Crippen LogP contribution in [0, 0.1) is 11.3 Å². The Hall–Kier alpha value is -5.70. The molecule has 0 radical (unpaired) electrons. The maximum absolute atomic E-state index is 15.4. The number of amides is 2. The largest absolute Gasteiger partial charge is 0.507 e. The first-order valence-corrected chi connectivity index (χ1v) is 32.7. The number of nitrogens with zero attached hydrogens (tertiary/aromatic N) is 4. The molecular formula is C64H81ClF3N5O9S2. The second kappa shape index (κ2) is 27.3. The van der Waals surface area contributed by atoms with Crippen molar-refractivity contribution in [3.63, 3.8) is 0 Å². The summed E-state index contributed by atoms with van der Waals surface area (Å²) >= 11 is 6.23. The van der Waals surface area contributed by atoms with Crippen LogP contribution in [0.1, 0.15) is 139 Å². The minimum Gasteiger partial charge on any atom is -0.507 e. The van der Waals surface area contributed by atoms with Crippen molar-refractivity contribution in [1.82, 2.24) is 14.5 Å². The van der Waals surface area contributed by atoms with Gasteiger partial charge in [-0.25, -0.2) is 26.4 Å². The van der Waals surface area contributed by atoms with Crippen molar-refractivity contribution in [3.05, 3.63) is 136 Å². The van der Waals surface area contributed by atoms with Crippen LogP contribution in [0.25, 0.3) is 5.57 Å². The molecule has 456 valence electrons. The van der Waals surface area contributed by atoms with Gasteiger partial charge in [0.1, 0.15) is 16.4 Å². The Kier molecular flexibility index (Phi) is 20.9. The van der Waals surface area contributed by atoms with Gasteiger partial charge in [0.15, 0.2) is 0 Å². The molecule has 0 saturated carbocycles. The topological polar surface area (TPSA) is 166 Å². The van der Waals surface area contributed by atoms with Crippen LogP contribution in [0.5, 0.6) is 11.5 Å². The summed E-state index contributed by atoms with van der Waals surface area (Å²) in [7, 11) is -11.3. The van der Waals surface area contributed by atoms with E-state index in [0.29, 0.717) is 87.6 Å². The number of alkyl halides is 3.